The van der Waals surface area contributed by atoms with Crippen LogP contribution in [0.4, 0.5) is 18.9 Å². The molecular formula is C20H19F3N4OS. The molecule has 0 radical (unpaired) electrons. The molecule has 152 valence electrons. The first-order chi connectivity index (χ1) is 13.7. The van der Waals surface area contributed by atoms with Crippen molar-refractivity contribution in [2.45, 2.75) is 26.9 Å². The van der Waals surface area contributed by atoms with Gasteiger partial charge in [0, 0.05) is 17.2 Å². The maximum atomic E-state index is 12.8. The van der Waals surface area contributed by atoms with Gasteiger partial charge in [-0.15, -0.1) is 0 Å². The van der Waals surface area contributed by atoms with E-state index in [1.54, 1.807) is 0 Å². The lowest BCUT2D eigenvalue weighted by Crippen LogP contribution is -2.21. The highest BCUT2D eigenvalue weighted by Crippen LogP contribution is 2.30. The SMILES string of the molecule is Cc1cccc(-n2c(C)nsc2=NCC(=O)Nc2cccc(C(F)(F)F)c2)c1C. The molecule has 0 saturated heterocycles. The fourth-order valence-electron chi connectivity index (χ4n) is 2.79. The van der Waals surface area contributed by atoms with E-state index in [-0.39, 0.29) is 12.2 Å². The van der Waals surface area contributed by atoms with E-state index >= 15 is 0 Å². The summed E-state index contributed by atoms with van der Waals surface area (Å²) in [6.45, 7) is 5.62. The summed E-state index contributed by atoms with van der Waals surface area (Å²) in [5.41, 5.74) is 2.37. The van der Waals surface area contributed by atoms with Gasteiger partial charge in [-0.25, -0.2) is 4.99 Å². The van der Waals surface area contributed by atoms with Crippen LogP contribution in [0.5, 0.6) is 0 Å². The Bertz CT molecular complexity index is 1120. The number of halogens is 3. The van der Waals surface area contributed by atoms with Crippen molar-refractivity contribution in [2.75, 3.05) is 11.9 Å². The van der Waals surface area contributed by atoms with Gasteiger partial charge in [0.1, 0.15) is 12.4 Å². The summed E-state index contributed by atoms with van der Waals surface area (Å²) in [5.74, 6) is 0.226. The van der Waals surface area contributed by atoms with Crippen molar-refractivity contribution in [2.24, 2.45) is 4.99 Å². The van der Waals surface area contributed by atoms with E-state index in [0.717, 1.165) is 46.3 Å². The summed E-state index contributed by atoms with van der Waals surface area (Å²) in [7, 11) is 0. The number of carbonyl (C=O) groups is 1. The van der Waals surface area contributed by atoms with E-state index in [9.17, 15) is 18.0 Å². The van der Waals surface area contributed by atoms with Crippen molar-refractivity contribution >= 4 is 23.1 Å². The van der Waals surface area contributed by atoms with E-state index in [1.165, 1.54) is 12.1 Å². The van der Waals surface area contributed by atoms with Crippen LogP contribution in [0.15, 0.2) is 47.5 Å². The zero-order chi connectivity index (χ0) is 21.2. The summed E-state index contributed by atoms with van der Waals surface area (Å²) >= 11 is 1.16. The van der Waals surface area contributed by atoms with Crippen LogP contribution in [0.2, 0.25) is 0 Å². The zero-order valence-corrected chi connectivity index (χ0v) is 16.9. The van der Waals surface area contributed by atoms with Gasteiger partial charge in [-0.1, -0.05) is 18.2 Å². The molecule has 1 amide bonds. The quantitative estimate of drug-likeness (QED) is 0.679. The third kappa shape index (κ3) is 4.73. The third-order valence-electron chi connectivity index (χ3n) is 4.42. The summed E-state index contributed by atoms with van der Waals surface area (Å²) in [4.78, 5) is 17.1. The molecule has 2 aromatic carbocycles. The average molecular weight is 420 g/mol. The molecule has 0 saturated carbocycles. The van der Waals surface area contributed by atoms with Crippen molar-refractivity contribution in [1.29, 1.82) is 0 Å². The minimum absolute atomic E-state index is 0.0721. The van der Waals surface area contributed by atoms with E-state index < -0.39 is 17.6 Å². The Morgan fingerprint density at radius 2 is 1.90 bits per heavy atom. The van der Waals surface area contributed by atoms with E-state index in [1.807, 2.05) is 43.5 Å². The molecule has 0 unspecified atom stereocenters. The van der Waals surface area contributed by atoms with E-state index in [0.29, 0.717) is 4.80 Å². The highest BCUT2D eigenvalue weighted by molar-refractivity contribution is 7.02. The first-order valence-electron chi connectivity index (χ1n) is 8.76. The molecule has 3 aromatic rings. The Balaban J connectivity index is 1.83. The molecule has 1 aromatic heterocycles. The molecule has 1 heterocycles. The average Bonchev–Trinajstić information content (AvgIpc) is 3.02. The summed E-state index contributed by atoms with van der Waals surface area (Å²) < 4.78 is 44.6. The second-order valence-electron chi connectivity index (χ2n) is 6.51. The number of anilines is 1. The summed E-state index contributed by atoms with van der Waals surface area (Å²) in [6.07, 6.45) is -4.47. The van der Waals surface area contributed by atoms with Crippen LogP contribution in [0.3, 0.4) is 0 Å². The molecule has 0 aliphatic rings. The van der Waals surface area contributed by atoms with Crippen LogP contribution < -0.4 is 10.1 Å². The summed E-state index contributed by atoms with van der Waals surface area (Å²) in [6, 6.07) is 10.4. The molecule has 0 aliphatic heterocycles. The Morgan fingerprint density at radius 1 is 1.17 bits per heavy atom. The van der Waals surface area contributed by atoms with Crippen LogP contribution in [0.25, 0.3) is 5.69 Å². The van der Waals surface area contributed by atoms with Gasteiger partial charge in [-0.3, -0.25) is 9.36 Å². The number of rotatable bonds is 4. The smallest absolute Gasteiger partial charge is 0.324 e. The molecule has 5 nitrogen and oxygen atoms in total. The zero-order valence-electron chi connectivity index (χ0n) is 16.0. The number of amides is 1. The standard InChI is InChI=1S/C20H19F3N4OS/c1-12-6-4-9-17(13(12)2)27-14(3)26-29-19(27)24-11-18(28)25-16-8-5-7-15(10-16)20(21,22)23/h4-10H,11H2,1-3H3,(H,25,28). The Kier molecular flexibility index (Phi) is 5.88. The molecule has 3 rings (SSSR count). The number of carbonyl (C=O) groups excluding carboxylic acids is 1. The fourth-order valence-corrected chi connectivity index (χ4v) is 3.52. The van der Waals surface area contributed by atoms with Gasteiger partial charge in [-0.2, -0.15) is 17.5 Å². The van der Waals surface area contributed by atoms with Gasteiger partial charge >= 0.3 is 6.18 Å². The Labute approximate surface area is 169 Å². The second kappa shape index (κ2) is 8.20. The van der Waals surface area contributed by atoms with Crippen molar-refractivity contribution < 1.29 is 18.0 Å². The molecule has 1 N–H and O–H groups in total. The largest absolute Gasteiger partial charge is 0.416 e. The lowest BCUT2D eigenvalue weighted by molar-refractivity contribution is -0.137. The molecule has 0 aliphatic carbocycles. The minimum atomic E-state index is -4.47. The van der Waals surface area contributed by atoms with Gasteiger partial charge in [0.15, 0.2) is 0 Å². The molecule has 0 spiro atoms. The maximum Gasteiger partial charge on any atom is 0.416 e. The fraction of sp³-hybridized carbons (Fsp3) is 0.250. The predicted octanol–water partition coefficient (Wildman–Crippen LogP) is 4.42. The molecule has 29 heavy (non-hydrogen) atoms. The highest BCUT2D eigenvalue weighted by Gasteiger charge is 2.30. The van der Waals surface area contributed by atoms with Crippen molar-refractivity contribution in [3.8, 4) is 5.69 Å². The normalized spacial score (nSPS) is 12.3. The van der Waals surface area contributed by atoms with Crippen LogP contribution in [0.1, 0.15) is 22.5 Å². The van der Waals surface area contributed by atoms with Gasteiger partial charge in [0.25, 0.3) is 0 Å². The van der Waals surface area contributed by atoms with Gasteiger partial charge in [0.05, 0.1) is 11.3 Å². The molecule has 0 bridgehead atoms. The first-order valence-corrected chi connectivity index (χ1v) is 9.53. The van der Waals surface area contributed by atoms with Crippen LogP contribution >= 0.6 is 11.5 Å². The number of benzene rings is 2. The topological polar surface area (TPSA) is 59.3 Å². The lowest BCUT2D eigenvalue weighted by atomic mass is 10.1. The monoisotopic (exact) mass is 420 g/mol. The number of nitrogens with one attached hydrogen (secondary N) is 1. The van der Waals surface area contributed by atoms with E-state index in [4.69, 9.17) is 0 Å². The number of aryl methyl sites for hydroxylation is 2. The Hall–Kier alpha value is -2.94. The van der Waals surface area contributed by atoms with Crippen molar-refractivity contribution in [3.05, 3.63) is 69.8 Å². The molecule has 9 heteroatoms. The number of hydrogen-bond acceptors (Lipinski definition) is 4. The van der Waals surface area contributed by atoms with Crippen LogP contribution in [0, 0.1) is 20.8 Å². The van der Waals surface area contributed by atoms with Crippen molar-refractivity contribution in [1.82, 2.24) is 8.94 Å². The van der Waals surface area contributed by atoms with Gasteiger partial charge in [-0.05, 0) is 56.2 Å². The van der Waals surface area contributed by atoms with E-state index in [2.05, 4.69) is 14.7 Å². The lowest BCUT2D eigenvalue weighted by Gasteiger charge is -2.11. The maximum absolute atomic E-state index is 12.8. The number of nitrogens with zero attached hydrogens (tertiary/aromatic N) is 3. The number of aromatic nitrogens is 2. The molecule has 0 atom stereocenters. The second-order valence-corrected chi connectivity index (χ2v) is 7.24. The number of alkyl halides is 3. The molecular weight excluding hydrogens is 401 g/mol. The molecule has 0 fully saturated rings. The van der Waals surface area contributed by atoms with Crippen LogP contribution in [-0.4, -0.2) is 21.4 Å². The van der Waals surface area contributed by atoms with Crippen LogP contribution in [-0.2, 0) is 11.0 Å². The first kappa shape index (κ1) is 20.8. The highest BCUT2D eigenvalue weighted by atomic mass is 32.1. The number of hydrogen-bond donors (Lipinski definition) is 1. The minimum Gasteiger partial charge on any atom is -0.324 e. The third-order valence-corrected chi connectivity index (χ3v) is 5.25. The van der Waals surface area contributed by atoms with Gasteiger partial charge in [0.2, 0.25) is 10.7 Å². The predicted molar refractivity (Wildman–Crippen MR) is 106 cm³/mol. The van der Waals surface area contributed by atoms with Gasteiger partial charge < -0.3 is 5.32 Å². The summed E-state index contributed by atoms with van der Waals surface area (Å²) in [5, 5.41) is 2.45. The Morgan fingerprint density at radius 3 is 2.62 bits per heavy atom. The van der Waals surface area contributed by atoms with Crippen molar-refractivity contribution in [3.63, 3.8) is 0 Å².